The first-order valence-electron chi connectivity index (χ1n) is 8.50. The second kappa shape index (κ2) is 5.66. The third kappa shape index (κ3) is 2.65. The van der Waals surface area contributed by atoms with E-state index in [4.69, 9.17) is 0 Å². The zero-order valence-electron chi connectivity index (χ0n) is 13.3. The van der Waals surface area contributed by atoms with Crippen LogP contribution in [0.15, 0.2) is 6.07 Å². The lowest BCUT2D eigenvalue weighted by Crippen LogP contribution is -2.49. The van der Waals surface area contributed by atoms with Crippen molar-refractivity contribution >= 4 is 5.91 Å². The molecule has 6 heteroatoms. The molecule has 3 fully saturated rings. The zero-order chi connectivity index (χ0) is 15.1. The second-order valence-corrected chi connectivity index (χ2v) is 6.83. The van der Waals surface area contributed by atoms with Crippen LogP contribution in [0.4, 0.5) is 0 Å². The van der Waals surface area contributed by atoms with Crippen molar-refractivity contribution in [2.75, 3.05) is 39.3 Å². The summed E-state index contributed by atoms with van der Waals surface area (Å²) >= 11 is 0. The smallest absolute Gasteiger partial charge is 0.274 e. The monoisotopic (exact) mass is 303 g/mol. The first kappa shape index (κ1) is 14.2. The van der Waals surface area contributed by atoms with Gasteiger partial charge < -0.3 is 10.2 Å². The summed E-state index contributed by atoms with van der Waals surface area (Å²) < 4.78 is 1.90. The molecular formula is C16H25N5O. The van der Waals surface area contributed by atoms with Crippen LogP contribution < -0.4 is 5.32 Å². The standard InChI is InChI=1S/C16H25N5O/c1-19-15(12-2-3-12)10-14(18-19)16(22)21-7-4-13(11-21)20-8-5-17-6-9-20/h10,12-13,17H,2-9,11H2,1H3. The van der Waals surface area contributed by atoms with Gasteiger partial charge in [0.25, 0.3) is 5.91 Å². The number of nitrogens with one attached hydrogen (secondary N) is 1. The summed E-state index contributed by atoms with van der Waals surface area (Å²) in [6.07, 6.45) is 3.57. The first-order chi connectivity index (χ1) is 10.7. The van der Waals surface area contributed by atoms with E-state index >= 15 is 0 Å². The molecule has 1 aliphatic carbocycles. The highest BCUT2D eigenvalue weighted by molar-refractivity contribution is 5.92. The molecule has 1 unspecified atom stereocenters. The minimum atomic E-state index is 0.111. The highest BCUT2D eigenvalue weighted by atomic mass is 16.2. The predicted octanol–water partition coefficient (Wildman–Crippen LogP) is 0.417. The third-order valence-corrected chi connectivity index (χ3v) is 5.25. The van der Waals surface area contributed by atoms with Gasteiger partial charge in [-0.2, -0.15) is 5.10 Å². The molecule has 0 spiro atoms. The lowest BCUT2D eigenvalue weighted by molar-refractivity contribution is 0.0767. The minimum Gasteiger partial charge on any atom is -0.336 e. The number of rotatable bonds is 3. The Morgan fingerprint density at radius 3 is 2.73 bits per heavy atom. The van der Waals surface area contributed by atoms with Crippen molar-refractivity contribution in [3.05, 3.63) is 17.5 Å². The van der Waals surface area contributed by atoms with Gasteiger partial charge in [0.1, 0.15) is 0 Å². The fraction of sp³-hybridized carbons (Fsp3) is 0.750. The van der Waals surface area contributed by atoms with Crippen molar-refractivity contribution in [1.82, 2.24) is 24.9 Å². The van der Waals surface area contributed by atoms with Gasteiger partial charge in [-0.15, -0.1) is 0 Å². The number of hydrogen-bond acceptors (Lipinski definition) is 4. The van der Waals surface area contributed by atoms with Gasteiger partial charge >= 0.3 is 0 Å². The van der Waals surface area contributed by atoms with Gasteiger partial charge in [-0.25, -0.2) is 0 Å². The van der Waals surface area contributed by atoms with E-state index in [0.717, 1.165) is 45.7 Å². The van der Waals surface area contributed by atoms with Crippen LogP contribution in [0.2, 0.25) is 0 Å². The number of hydrogen-bond donors (Lipinski definition) is 1. The third-order valence-electron chi connectivity index (χ3n) is 5.25. The Hall–Kier alpha value is -1.40. The maximum Gasteiger partial charge on any atom is 0.274 e. The molecule has 22 heavy (non-hydrogen) atoms. The summed E-state index contributed by atoms with van der Waals surface area (Å²) in [5.74, 6) is 0.742. The summed E-state index contributed by atoms with van der Waals surface area (Å²) in [5, 5.41) is 7.84. The molecule has 120 valence electrons. The van der Waals surface area contributed by atoms with Crippen LogP contribution in [-0.4, -0.2) is 70.8 Å². The van der Waals surface area contributed by atoms with Crippen LogP contribution in [0.5, 0.6) is 0 Å². The van der Waals surface area contributed by atoms with Crippen LogP contribution in [0.1, 0.15) is 41.4 Å². The molecule has 1 saturated carbocycles. The van der Waals surface area contributed by atoms with Crippen LogP contribution >= 0.6 is 0 Å². The average molecular weight is 303 g/mol. The summed E-state index contributed by atoms with van der Waals surface area (Å²) in [6, 6.07) is 2.54. The first-order valence-corrected chi connectivity index (χ1v) is 8.50. The van der Waals surface area contributed by atoms with Gasteiger partial charge in [0.05, 0.1) is 0 Å². The Labute approximate surface area is 131 Å². The number of carbonyl (C=O) groups is 1. The van der Waals surface area contributed by atoms with Crippen LogP contribution in [0.3, 0.4) is 0 Å². The molecule has 1 atom stereocenters. The van der Waals surface area contributed by atoms with Crippen molar-refractivity contribution in [2.45, 2.75) is 31.2 Å². The molecule has 1 aromatic heterocycles. The van der Waals surface area contributed by atoms with E-state index in [1.54, 1.807) is 0 Å². The summed E-state index contributed by atoms with van der Waals surface area (Å²) in [6.45, 7) is 6.05. The largest absolute Gasteiger partial charge is 0.336 e. The van der Waals surface area contributed by atoms with Gasteiger partial charge in [0, 0.05) is 64.0 Å². The number of piperazine rings is 1. The van der Waals surface area contributed by atoms with Crippen molar-refractivity contribution in [1.29, 1.82) is 0 Å². The summed E-state index contributed by atoms with van der Waals surface area (Å²) in [7, 11) is 1.96. The second-order valence-electron chi connectivity index (χ2n) is 6.83. The van der Waals surface area contributed by atoms with E-state index < -0.39 is 0 Å². The molecule has 1 aromatic rings. The topological polar surface area (TPSA) is 53.4 Å². The minimum absolute atomic E-state index is 0.111. The van der Waals surface area contributed by atoms with E-state index in [2.05, 4.69) is 15.3 Å². The van der Waals surface area contributed by atoms with Gasteiger partial charge in [-0.1, -0.05) is 0 Å². The predicted molar refractivity (Wildman–Crippen MR) is 83.9 cm³/mol. The van der Waals surface area contributed by atoms with Crippen molar-refractivity contribution < 1.29 is 4.79 Å². The van der Waals surface area contributed by atoms with E-state index in [-0.39, 0.29) is 5.91 Å². The van der Waals surface area contributed by atoms with Crippen LogP contribution in [0, 0.1) is 0 Å². The molecule has 6 nitrogen and oxygen atoms in total. The Morgan fingerprint density at radius 2 is 2.00 bits per heavy atom. The van der Waals surface area contributed by atoms with Gasteiger partial charge in [-0.05, 0) is 25.3 Å². The number of aromatic nitrogens is 2. The molecule has 1 amide bonds. The van der Waals surface area contributed by atoms with E-state index in [1.807, 2.05) is 22.7 Å². The molecule has 0 aromatic carbocycles. The zero-order valence-corrected chi connectivity index (χ0v) is 13.3. The van der Waals surface area contributed by atoms with E-state index in [1.165, 1.54) is 18.5 Å². The quantitative estimate of drug-likeness (QED) is 0.879. The average Bonchev–Trinajstić information content (AvgIpc) is 3.13. The molecule has 1 N–H and O–H groups in total. The van der Waals surface area contributed by atoms with Crippen molar-refractivity contribution in [2.24, 2.45) is 7.05 Å². The maximum atomic E-state index is 12.7. The molecule has 2 aliphatic heterocycles. The lowest BCUT2D eigenvalue weighted by Gasteiger charge is -2.32. The van der Waals surface area contributed by atoms with Crippen molar-refractivity contribution in [3.63, 3.8) is 0 Å². The van der Waals surface area contributed by atoms with Gasteiger partial charge in [-0.3, -0.25) is 14.4 Å². The number of amides is 1. The molecule has 2 saturated heterocycles. The van der Waals surface area contributed by atoms with Gasteiger partial charge in [0.2, 0.25) is 0 Å². The number of aryl methyl sites for hydroxylation is 1. The molecule has 3 heterocycles. The van der Waals surface area contributed by atoms with Gasteiger partial charge in [0.15, 0.2) is 5.69 Å². The molecular weight excluding hydrogens is 278 g/mol. The molecule has 4 rings (SSSR count). The number of likely N-dealkylation sites (tertiary alicyclic amines) is 1. The van der Waals surface area contributed by atoms with Crippen LogP contribution in [0.25, 0.3) is 0 Å². The normalized spacial score (nSPS) is 26.6. The SMILES string of the molecule is Cn1nc(C(=O)N2CCC(N3CCNCC3)C2)cc1C1CC1. The Bertz CT molecular complexity index is 559. The summed E-state index contributed by atoms with van der Waals surface area (Å²) in [5.41, 5.74) is 1.85. The highest BCUT2D eigenvalue weighted by Crippen LogP contribution is 2.40. The fourth-order valence-electron chi connectivity index (χ4n) is 3.78. The Morgan fingerprint density at radius 1 is 1.23 bits per heavy atom. The molecule has 0 radical (unpaired) electrons. The Balaban J connectivity index is 1.41. The lowest BCUT2D eigenvalue weighted by atomic mass is 10.2. The molecule has 0 bridgehead atoms. The van der Waals surface area contributed by atoms with Crippen molar-refractivity contribution in [3.8, 4) is 0 Å². The molecule has 3 aliphatic rings. The summed E-state index contributed by atoms with van der Waals surface area (Å²) in [4.78, 5) is 17.2. The van der Waals surface area contributed by atoms with Crippen LogP contribution in [-0.2, 0) is 7.05 Å². The van der Waals surface area contributed by atoms with E-state index in [0.29, 0.717) is 17.7 Å². The van der Waals surface area contributed by atoms with E-state index in [9.17, 15) is 4.79 Å². The Kier molecular flexibility index (Phi) is 3.66. The number of carbonyl (C=O) groups excluding carboxylic acids is 1. The fourth-order valence-corrected chi connectivity index (χ4v) is 3.78. The maximum absolute atomic E-state index is 12.7. The number of nitrogens with zero attached hydrogens (tertiary/aromatic N) is 4. The highest BCUT2D eigenvalue weighted by Gasteiger charge is 2.33.